The van der Waals surface area contributed by atoms with Crippen molar-refractivity contribution in [2.45, 2.75) is 45.2 Å². The molecule has 2 N–H and O–H groups in total. The predicted molar refractivity (Wildman–Crippen MR) is 61.9 cm³/mol. The SMILES string of the molecule is CC(C)C1c2noc(N)c2CCN1C1CC1. The Morgan fingerprint density at radius 2 is 2.19 bits per heavy atom. The summed E-state index contributed by atoms with van der Waals surface area (Å²) in [5.41, 5.74) is 8.05. The largest absolute Gasteiger partial charge is 0.367 e. The zero-order valence-electron chi connectivity index (χ0n) is 9.94. The number of rotatable bonds is 2. The predicted octanol–water partition coefficient (Wildman–Crippen LogP) is 1.97. The third kappa shape index (κ3) is 1.44. The van der Waals surface area contributed by atoms with Crippen LogP contribution in [-0.2, 0) is 6.42 Å². The molecule has 0 radical (unpaired) electrons. The quantitative estimate of drug-likeness (QED) is 0.829. The molecule has 16 heavy (non-hydrogen) atoms. The molecule has 4 nitrogen and oxygen atoms in total. The molecule has 1 fully saturated rings. The van der Waals surface area contributed by atoms with Gasteiger partial charge in [0, 0.05) is 18.2 Å². The third-order valence-corrected chi connectivity index (χ3v) is 3.75. The molecule has 0 bridgehead atoms. The number of nitrogens with zero attached hydrogens (tertiary/aromatic N) is 2. The summed E-state index contributed by atoms with van der Waals surface area (Å²) in [7, 11) is 0. The number of hydrogen-bond donors (Lipinski definition) is 1. The van der Waals surface area contributed by atoms with Crippen molar-refractivity contribution in [3.8, 4) is 0 Å². The number of hydrogen-bond acceptors (Lipinski definition) is 4. The van der Waals surface area contributed by atoms with Gasteiger partial charge in [-0.2, -0.15) is 0 Å². The minimum Gasteiger partial charge on any atom is -0.367 e. The van der Waals surface area contributed by atoms with Crippen molar-refractivity contribution in [1.29, 1.82) is 0 Å². The van der Waals surface area contributed by atoms with Crippen LogP contribution in [0.4, 0.5) is 5.88 Å². The van der Waals surface area contributed by atoms with E-state index in [1.165, 1.54) is 12.8 Å². The summed E-state index contributed by atoms with van der Waals surface area (Å²) in [6.45, 7) is 5.60. The Kier molecular flexibility index (Phi) is 2.21. The lowest BCUT2D eigenvalue weighted by molar-refractivity contribution is 0.129. The van der Waals surface area contributed by atoms with Gasteiger partial charge < -0.3 is 10.3 Å². The summed E-state index contributed by atoms with van der Waals surface area (Å²) >= 11 is 0. The van der Waals surface area contributed by atoms with E-state index < -0.39 is 0 Å². The number of aromatic nitrogens is 1. The molecule has 1 aromatic heterocycles. The van der Waals surface area contributed by atoms with E-state index in [1.54, 1.807) is 0 Å². The van der Waals surface area contributed by atoms with E-state index in [2.05, 4.69) is 23.9 Å². The highest BCUT2D eigenvalue weighted by Gasteiger charge is 2.41. The van der Waals surface area contributed by atoms with Gasteiger partial charge in [0.25, 0.3) is 0 Å². The standard InChI is InChI=1S/C12H19N3O/c1-7(2)11-10-9(12(13)16-14-10)5-6-15(11)8-3-4-8/h7-8,11H,3-6,13H2,1-2H3. The van der Waals surface area contributed by atoms with Crippen molar-refractivity contribution in [3.63, 3.8) is 0 Å². The molecular weight excluding hydrogens is 202 g/mol. The smallest absolute Gasteiger partial charge is 0.225 e. The van der Waals surface area contributed by atoms with Crippen LogP contribution in [0.5, 0.6) is 0 Å². The molecule has 0 aromatic carbocycles. The maximum atomic E-state index is 5.81. The second kappa shape index (κ2) is 3.48. The molecule has 2 aliphatic rings. The first kappa shape index (κ1) is 10.1. The number of anilines is 1. The van der Waals surface area contributed by atoms with E-state index in [0.29, 0.717) is 17.8 Å². The van der Waals surface area contributed by atoms with Crippen LogP contribution in [0.1, 0.15) is 44.0 Å². The van der Waals surface area contributed by atoms with Gasteiger partial charge >= 0.3 is 0 Å². The van der Waals surface area contributed by atoms with Gasteiger partial charge in [-0.1, -0.05) is 19.0 Å². The van der Waals surface area contributed by atoms with Gasteiger partial charge in [0.1, 0.15) is 5.69 Å². The number of nitrogen functional groups attached to an aromatic ring is 1. The Labute approximate surface area is 95.8 Å². The van der Waals surface area contributed by atoms with E-state index in [-0.39, 0.29) is 0 Å². The van der Waals surface area contributed by atoms with E-state index in [0.717, 1.165) is 30.3 Å². The minimum absolute atomic E-state index is 0.400. The molecule has 3 rings (SSSR count). The highest BCUT2D eigenvalue weighted by atomic mass is 16.5. The molecule has 1 unspecified atom stereocenters. The number of fused-ring (bicyclic) bond motifs is 1. The monoisotopic (exact) mass is 221 g/mol. The van der Waals surface area contributed by atoms with Gasteiger partial charge in [-0.05, 0) is 25.2 Å². The summed E-state index contributed by atoms with van der Waals surface area (Å²) in [5.74, 6) is 1.08. The molecule has 4 heteroatoms. The van der Waals surface area contributed by atoms with Crippen LogP contribution >= 0.6 is 0 Å². The summed E-state index contributed by atoms with van der Waals surface area (Å²) in [4.78, 5) is 2.59. The first-order valence-corrected chi connectivity index (χ1v) is 6.18. The zero-order chi connectivity index (χ0) is 11.3. The Balaban J connectivity index is 1.98. The van der Waals surface area contributed by atoms with Gasteiger partial charge in [0.2, 0.25) is 5.88 Å². The van der Waals surface area contributed by atoms with Crippen molar-refractivity contribution < 1.29 is 4.52 Å². The van der Waals surface area contributed by atoms with Crippen LogP contribution in [0.2, 0.25) is 0 Å². The second-order valence-electron chi connectivity index (χ2n) is 5.32. The summed E-state index contributed by atoms with van der Waals surface area (Å²) in [5, 5.41) is 4.18. The third-order valence-electron chi connectivity index (χ3n) is 3.75. The van der Waals surface area contributed by atoms with Crippen LogP contribution < -0.4 is 5.73 Å². The lowest BCUT2D eigenvalue weighted by atomic mass is 9.91. The summed E-state index contributed by atoms with van der Waals surface area (Å²) in [6.07, 6.45) is 3.67. The Hall–Kier alpha value is -1.03. The van der Waals surface area contributed by atoms with Crippen LogP contribution in [0, 0.1) is 5.92 Å². The topological polar surface area (TPSA) is 55.3 Å². The lowest BCUT2D eigenvalue weighted by Gasteiger charge is -2.37. The van der Waals surface area contributed by atoms with E-state index >= 15 is 0 Å². The Morgan fingerprint density at radius 3 is 2.81 bits per heavy atom. The highest BCUT2D eigenvalue weighted by Crippen LogP contribution is 2.42. The first-order valence-electron chi connectivity index (χ1n) is 6.18. The highest BCUT2D eigenvalue weighted by molar-refractivity contribution is 5.42. The average molecular weight is 221 g/mol. The fraction of sp³-hybridized carbons (Fsp3) is 0.750. The number of nitrogens with two attached hydrogens (primary N) is 1. The van der Waals surface area contributed by atoms with Gasteiger partial charge in [0.15, 0.2) is 0 Å². The molecule has 1 atom stereocenters. The average Bonchev–Trinajstić information content (AvgIpc) is 3.03. The van der Waals surface area contributed by atoms with Gasteiger partial charge in [-0.3, -0.25) is 4.90 Å². The Bertz CT molecular complexity index is 395. The van der Waals surface area contributed by atoms with Crippen LogP contribution in [0.25, 0.3) is 0 Å². The van der Waals surface area contributed by atoms with Crippen LogP contribution in [0.3, 0.4) is 0 Å². The minimum atomic E-state index is 0.400. The Morgan fingerprint density at radius 1 is 1.44 bits per heavy atom. The van der Waals surface area contributed by atoms with Crippen molar-refractivity contribution >= 4 is 5.88 Å². The second-order valence-corrected chi connectivity index (χ2v) is 5.32. The first-order chi connectivity index (χ1) is 7.68. The van der Waals surface area contributed by atoms with Gasteiger partial charge in [0.05, 0.1) is 6.04 Å². The molecule has 0 saturated heterocycles. The van der Waals surface area contributed by atoms with Gasteiger partial charge in [-0.15, -0.1) is 0 Å². The van der Waals surface area contributed by atoms with Crippen molar-refractivity contribution in [1.82, 2.24) is 10.1 Å². The summed E-state index contributed by atoms with van der Waals surface area (Å²) < 4.78 is 5.15. The van der Waals surface area contributed by atoms with Crippen molar-refractivity contribution in [2.75, 3.05) is 12.3 Å². The zero-order valence-corrected chi connectivity index (χ0v) is 9.94. The molecule has 0 spiro atoms. The fourth-order valence-corrected chi connectivity index (χ4v) is 2.87. The summed E-state index contributed by atoms with van der Waals surface area (Å²) in [6, 6.07) is 1.18. The molecule has 1 aliphatic carbocycles. The van der Waals surface area contributed by atoms with Crippen LogP contribution in [-0.4, -0.2) is 22.6 Å². The van der Waals surface area contributed by atoms with Gasteiger partial charge in [-0.25, -0.2) is 0 Å². The molecule has 1 saturated carbocycles. The van der Waals surface area contributed by atoms with E-state index in [4.69, 9.17) is 10.3 Å². The lowest BCUT2D eigenvalue weighted by Crippen LogP contribution is -2.39. The van der Waals surface area contributed by atoms with Crippen LogP contribution in [0.15, 0.2) is 4.52 Å². The molecular formula is C12H19N3O. The molecule has 1 aromatic rings. The molecule has 2 heterocycles. The maximum absolute atomic E-state index is 5.81. The van der Waals surface area contributed by atoms with E-state index in [1.807, 2.05) is 0 Å². The van der Waals surface area contributed by atoms with Crippen molar-refractivity contribution in [2.24, 2.45) is 5.92 Å². The van der Waals surface area contributed by atoms with Crippen molar-refractivity contribution in [3.05, 3.63) is 11.3 Å². The maximum Gasteiger partial charge on any atom is 0.225 e. The fourth-order valence-electron chi connectivity index (χ4n) is 2.87. The molecule has 1 aliphatic heterocycles. The normalized spacial score (nSPS) is 26.1. The molecule has 88 valence electrons. The molecule has 0 amide bonds. The van der Waals surface area contributed by atoms with E-state index in [9.17, 15) is 0 Å².